The Bertz CT molecular complexity index is 2940. The van der Waals surface area contributed by atoms with Gasteiger partial charge in [-0.05, 0) is 81.6 Å². The Kier molecular flexibility index (Phi) is 7.67. The van der Waals surface area contributed by atoms with Crippen molar-refractivity contribution >= 4 is 42.3 Å². The second kappa shape index (κ2) is 13.1. The lowest BCUT2D eigenvalue weighted by Crippen LogP contribution is -1.97. The van der Waals surface area contributed by atoms with Gasteiger partial charge in [0.25, 0.3) is 0 Å². The van der Waals surface area contributed by atoms with Crippen molar-refractivity contribution in [3.05, 3.63) is 188 Å². The maximum atomic E-state index is 5.29. The summed E-state index contributed by atoms with van der Waals surface area (Å²) in [6.07, 6.45) is 1.83. The molecule has 0 unspecified atom stereocenters. The monoisotopic (exact) mass is 693 g/mol. The molecule has 10 aromatic rings. The van der Waals surface area contributed by atoms with Crippen LogP contribution in [0.4, 0.5) is 0 Å². The van der Waals surface area contributed by atoms with E-state index in [0.29, 0.717) is 5.82 Å². The molecule has 53 heavy (non-hydrogen) atoms. The van der Waals surface area contributed by atoms with Gasteiger partial charge in [0.1, 0.15) is 0 Å². The van der Waals surface area contributed by atoms with Crippen LogP contribution in [0.25, 0.3) is 98.4 Å². The number of hydrogen-bond donors (Lipinski definition) is 0. The normalized spacial score (nSPS) is 11.4. The molecule has 0 radical (unpaired) electrons. The molecule has 3 heterocycles. The number of rotatable bonds is 6. The van der Waals surface area contributed by atoms with E-state index in [1.165, 1.54) is 42.1 Å². The Labute approximate surface area is 311 Å². The second-order valence-electron chi connectivity index (χ2n) is 13.2. The molecule has 0 aliphatic heterocycles. The Balaban J connectivity index is 1.23. The van der Waals surface area contributed by atoms with Crippen LogP contribution in [0.2, 0.25) is 0 Å². The van der Waals surface area contributed by atoms with Gasteiger partial charge in [-0.15, -0.1) is 11.3 Å². The van der Waals surface area contributed by atoms with Gasteiger partial charge < -0.3 is 0 Å². The molecule has 7 aromatic carbocycles. The summed E-state index contributed by atoms with van der Waals surface area (Å²) in [6.45, 7) is 0. The van der Waals surface area contributed by atoms with E-state index in [0.717, 1.165) is 50.5 Å². The highest BCUT2D eigenvalue weighted by Gasteiger charge is 2.17. The van der Waals surface area contributed by atoms with Crippen LogP contribution in [0.5, 0.6) is 0 Å². The third kappa shape index (κ3) is 5.76. The smallest absolute Gasteiger partial charge is 0.160 e. The van der Waals surface area contributed by atoms with Crippen LogP contribution in [0.3, 0.4) is 0 Å². The number of hydrogen-bond acceptors (Lipinski definition) is 4. The highest BCUT2D eigenvalue weighted by atomic mass is 32.1. The largest absolute Gasteiger partial charge is 0.256 e. The first-order valence-corrected chi connectivity index (χ1v) is 18.6. The van der Waals surface area contributed by atoms with Crippen molar-refractivity contribution in [2.45, 2.75) is 0 Å². The summed E-state index contributed by atoms with van der Waals surface area (Å²) in [7, 11) is 0. The lowest BCUT2D eigenvalue weighted by atomic mass is 9.91. The van der Waals surface area contributed by atoms with Crippen LogP contribution in [0.15, 0.2) is 188 Å². The maximum absolute atomic E-state index is 5.29. The summed E-state index contributed by atoms with van der Waals surface area (Å²) >= 11 is 1.86. The molecule has 3 nitrogen and oxygen atoms in total. The fourth-order valence-electron chi connectivity index (χ4n) is 7.37. The summed E-state index contributed by atoms with van der Waals surface area (Å²) in [5.74, 6) is 0.685. The molecule has 0 saturated heterocycles. The molecule has 0 spiro atoms. The van der Waals surface area contributed by atoms with Crippen LogP contribution < -0.4 is 0 Å². The van der Waals surface area contributed by atoms with Crippen LogP contribution in [0, 0.1) is 0 Å². The van der Waals surface area contributed by atoms with Gasteiger partial charge in [-0.25, -0.2) is 9.97 Å². The van der Waals surface area contributed by atoms with E-state index >= 15 is 0 Å². The van der Waals surface area contributed by atoms with E-state index < -0.39 is 0 Å². The average Bonchev–Trinajstić information content (AvgIpc) is 3.63. The zero-order valence-corrected chi connectivity index (χ0v) is 29.5. The first-order chi connectivity index (χ1) is 26.2. The summed E-state index contributed by atoms with van der Waals surface area (Å²) in [4.78, 5) is 15.1. The van der Waals surface area contributed by atoms with E-state index in [-0.39, 0.29) is 0 Å². The fourth-order valence-corrected chi connectivity index (χ4v) is 8.61. The molecule has 0 amide bonds. The first kappa shape index (κ1) is 31.0. The van der Waals surface area contributed by atoms with Crippen molar-refractivity contribution in [1.29, 1.82) is 0 Å². The summed E-state index contributed by atoms with van der Waals surface area (Å²) in [5.41, 5.74) is 11.4. The third-order valence-electron chi connectivity index (χ3n) is 9.92. The molecule has 248 valence electrons. The highest BCUT2D eigenvalue weighted by molar-refractivity contribution is 7.26. The van der Waals surface area contributed by atoms with Crippen molar-refractivity contribution in [3.63, 3.8) is 0 Å². The number of pyridine rings is 1. The Morgan fingerprint density at radius 2 is 0.943 bits per heavy atom. The number of nitrogens with zero attached hydrogens (tertiary/aromatic N) is 3. The Hall–Kier alpha value is -6.75. The van der Waals surface area contributed by atoms with Gasteiger partial charge in [0, 0.05) is 48.6 Å². The predicted molar refractivity (Wildman–Crippen MR) is 223 cm³/mol. The van der Waals surface area contributed by atoms with Crippen LogP contribution in [0.1, 0.15) is 0 Å². The number of fused-ring (bicyclic) bond motifs is 4. The quantitative estimate of drug-likeness (QED) is 0.174. The van der Waals surface area contributed by atoms with Gasteiger partial charge in [-0.1, -0.05) is 133 Å². The Morgan fingerprint density at radius 1 is 0.358 bits per heavy atom. The SMILES string of the molecule is c1ccc(-c2nc(-c3cccc(-c4ccccn4)c3)cc(-c3cc(-c4cccc5ccccc45)cc(-c4cccc5c4sc4ccccc45)c3)n2)cc1. The molecule has 0 aliphatic carbocycles. The number of benzene rings is 7. The van der Waals surface area contributed by atoms with Crippen molar-refractivity contribution in [3.8, 4) is 67.4 Å². The van der Waals surface area contributed by atoms with Crippen molar-refractivity contribution in [1.82, 2.24) is 15.0 Å². The average molecular weight is 694 g/mol. The molecular formula is C49H31N3S. The lowest BCUT2D eigenvalue weighted by molar-refractivity contribution is 1.18. The molecule has 4 heteroatoms. The van der Waals surface area contributed by atoms with E-state index in [1.807, 2.05) is 53.9 Å². The standard InChI is InChI=1S/C49H31N3S/c1-2-14-33(15-3-1)49-51-45(35-18-10-17-34(27-35)44-24-8-9-26-50-44)31-46(52-49)38-29-36(40-21-11-16-32-13-4-5-19-39(32)40)28-37(30-38)41-22-12-23-43-42-20-6-7-25-47(42)53-48(41)43/h1-31H. The lowest BCUT2D eigenvalue weighted by Gasteiger charge is -2.15. The molecule has 0 N–H and O–H groups in total. The van der Waals surface area contributed by atoms with Crippen molar-refractivity contribution < 1.29 is 0 Å². The number of thiophene rings is 1. The van der Waals surface area contributed by atoms with Crippen LogP contribution in [-0.4, -0.2) is 15.0 Å². The topological polar surface area (TPSA) is 38.7 Å². The van der Waals surface area contributed by atoms with Gasteiger partial charge in [-0.2, -0.15) is 0 Å². The molecule has 0 fully saturated rings. The molecule has 0 bridgehead atoms. The number of aromatic nitrogens is 3. The zero-order valence-electron chi connectivity index (χ0n) is 28.6. The molecule has 0 atom stereocenters. The summed E-state index contributed by atoms with van der Waals surface area (Å²) in [6, 6.07) is 64.4. The van der Waals surface area contributed by atoms with Gasteiger partial charge in [-0.3, -0.25) is 4.98 Å². The minimum absolute atomic E-state index is 0.685. The summed E-state index contributed by atoms with van der Waals surface area (Å²) in [5, 5.41) is 5.01. The minimum Gasteiger partial charge on any atom is -0.256 e. The summed E-state index contributed by atoms with van der Waals surface area (Å²) < 4.78 is 2.58. The van der Waals surface area contributed by atoms with E-state index in [4.69, 9.17) is 9.97 Å². The van der Waals surface area contributed by atoms with Gasteiger partial charge >= 0.3 is 0 Å². The minimum atomic E-state index is 0.685. The maximum Gasteiger partial charge on any atom is 0.160 e. The van der Waals surface area contributed by atoms with Crippen molar-refractivity contribution in [2.75, 3.05) is 0 Å². The van der Waals surface area contributed by atoms with Gasteiger partial charge in [0.15, 0.2) is 5.82 Å². The first-order valence-electron chi connectivity index (χ1n) is 17.8. The van der Waals surface area contributed by atoms with E-state index in [9.17, 15) is 0 Å². The molecule has 0 aliphatic rings. The molecular weight excluding hydrogens is 663 g/mol. The zero-order chi connectivity index (χ0) is 35.1. The van der Waals surface area contributed by atoms with Crippen molar-refractivity contribution in [2.24, 2.45) is 0 Å². The fraction of sp³-hybridized carbons (Fsp3) is 0. The van der Waals surface area contributed by atoms with E-state index in [2.05, 4.69) is 151 Å². The molecule has 0 saturated carbocycles. The second-order valence-corrected chi connectivity index (χ2v) is 14.3. The van der Waals surface area contributed by atoms with Gasteiger partial charge in [0.05, 0.1) is 17.1 Å². The molecule has 3 aromatic heterocycles. The van der Waals surface area contributed by atoms with Gasteiger partial charge in [0.2, 0.25) is 0 Å². The Morgan fingerprint density at radius 3 is 1.79 bits per heavy atom. The third-order valence-corrected chi connectivity index (χ3v) is 11.1. The highest BCUT2D eigenvalue weighted by Crippen LogP contribution is 2.43. The molecule has 10 rings (SSSR count). The van der Waals surface area contributed by atoms with E-state index in [1.54, 1.807) is 0 Å². The van der Waals surface area contributed by atoms with Crippen LogP contribution >= 0.6 is 11.3 Å². The predicted octanol–water partition coefficient (Wildman–Crippen LogP) is 13.4. The van der Waals surface area contributed by atoms with Crippen LogP contribution in [-0.2, 0) is 0 Å².